The van der Waals surface area contributed by atoms with E-state index in [4.69, 9.17) is 4.74 Å². The molecule has 5 nitrogen and oxygen atoms in total. The summed E-state index contributed by atoms with van der Waals surface area (Å²) >= 11 is 0. The number of hydrogen-bond acceptors (Lipinski definition) is 4. The van der Waals surface area contributed by atoms with E-state index in [1.165, 1.54) is 0 Å². The van der Waals surface area contributed by atoms with Crippen LogP contribution in [0.25, 0.3) is 0 Å². The fourth-order valence-corrected chi connectivity index (χ4v) is 2.91. The first-order valence-corrected chi connectivity index (χ1v) is 9.53. The number of likely N-dealkylation sites (N-methyl/N-ethyl adjacent to an activating group) is 1. The first-order valence-electron chi connectivity index (χ1n) is 9.53. The van der Waals surface area contributed by atoms with Gasteiger partial charge in [0.15, 0.2) is 0 Å². The van der Waals surface area contributed by atoms with E-state index in [1.54, 1.807) is 0 Å². The Balaban J connectivity index is 1.69. The van der Waals surface area contributed by atoms with Gasteiger partial charge in [0.1, 0.15) is 12.4 Å². The summed E-state index contributed by atoms with van der Waals surface area (Å²) in [6.45, 7) is 10.3. The maximum atomic E-state index is 12.1. The Morgan fingerprint density at radius 1 is 1.20 bits per heavy atom. The first-order chi connectivity index (χ1) is 12.1. The van der Waals surface area contributed by atoms with E-state index in [2.05, 4.69) is 29.1 Å². The van der Waals surface area contributed by atoms with Gasteiger partial charge in [0.2, 0.25) is 5.91 Å². The lowest BCUT2D eigenvalue weighted by Crippen LogP contribution is -2.45. The van der Waals surface area contributed by atoms with Gasteiger partial charge in [-0.3, -0.25) is 9.69 Å². The molecule has 1 saturated heterocycles. The van der Waals surface area contributed by atoms with Crippen molar-refractivity contribution in [3.63, 3.8) is 0 Å². The molecule has 1 N–H and O–H groups in total. The fourth-order valence-electron chi connectivity index (χ4n) is 2.91. The lowest BCUT2D eigenvalue weighted by atomic mass is 10.0. The van der Waals surface area contributed by atoms with Crippen molar-refractivity contribution in [1.29, 1.82) is 0 Å². The molecule has 1 aromatic rings. The Bertz CT molecular complexity index is 510. The van der Waals surface area contributed by atoms with E-state index >= 15 is 0 Å². The van der Waals surface area contributed by atoms with Crippen LogP contribution in [0.5, 0.6) is 5.75 Å². The van der Waals surface area contributed by atoms with Crippen molar-refractivity contribution >= 4 is 11.6 Å². The molecule has 5 heteroatoms. The van der Waals surface area contributed by atoms with E-state index in [9.17, 15) is 4.79 Å². The molecule has 0 saturated carbocycles. The van der Waals surface area contributed by atoms with Gasteiger partial charge in [-0.1, -0.05) is 26.7 Å². The van der Waals surface area contributed by atoms with Gasteiger partial charge in [-0.2, -0.15) is 0 Å². The molecule has 0 aliphatic carbocycles. The minimum absolute atomic E-state index is 0.0551. The standard InChI is InChI=1S/C20H33N3O2/c1-4-5-6-17(2)20(24)21-18-7-9-19(10-8-18)25-16-15-23-13-11-22(3)12-14-23/h7-10,17H,4-6,11-16H2,1-3H3,(H,21,24)/t17-/m1/s1. The number of anilines is 1. The average molecular weight is 348 g/mol. The van der Waals surface area contributed by atoms with Crippen LogP contribution in [0.4, 0.5) is 5.69 Å². The van der Waals surface area contributed by atoms with Crippen molar-refractivity contribution in [2.75, 3.05) is 51.7 Å². The Hall–Kier alpha value is -1.59. The third kappa shape index (κ3) is 7.04. The predicted molar refractivity (Wildman–Crippen MR) is 103 cm³/mol. The molecule has 1 amide bonds. The highest BCUT2D eigenvalue weighted by Crippen LogP contribution is 2.17. The summed E-state index contributed by atoms with van der Waals surface area (Å²) in [6.07, 6.45) is 3.16. The summed E-state index contributed by atoms with van der Waals surface area (Å²) in [6, 6.07) is 7.68. The SMILES string of the molecule is CCCC[C@@H](C)C(=O)Nc1ccc(OCCN2CCN(C)CC2)cc1. The summed E-state index contributed by atoms with van der Waals surface area (Å²) < 4.78 is 5.83. The number of nitrogens with zero attached hydrogens (tertiary/aromatic N) is 2. The Morgan fingerprint density at radius 3 is 2.52 bits per heavy atom. The van der Waals surface area contributed by atoms with E-state index in [-0.39, 0.29) is 11.8 Å². The summed E-state index contributed by atoms with van der Waals surface area (Å²) in [7, 11) is 2.17. The molecular weight excluding hydrogens is 314 g/mol. The number of rotatable bonds is 9. The van der Waals surface area contributed by atoms with Crippen molar-refractivity contribution in [1.82, 2.24) is 9.80 Å². The summed E-state index contributed by atoms with van der Waals surface area (Å²) in [5, 5.41) is 2.98. The predicted octanol–water partition coefficient (Wildman–Crippen LogP) is 3.08. The van der Waals surface area contributed by atoms with Crippen molar-refractivity contribution in [3.05, 3.63) is 24.3 Å². The smallest absolute Gasteiger partial charge is 0.227 e. The molecule has 1 aliphatic heterocycles. The molecule has 1 heterocycles. The number of amides is 1. The number of nitrogens with one attached hydrogen (secondary N) is 1. The molecule has 0 spiro atoms. The number of unbranched alkanes of at least 4 members (excludes halogenated alkanes) is 1. The van der Waals surface area contributed by atoms with Gasteiger partial charge in [-0.05, 0) is 37.7 Å². The molecule has 2 rings (SSSR count). The highest BCUT2D eigenvalue weighted by Gasteiger charge is 2.14. The van der Waals surface area contributed by atoms with Crippen LogP contribution < -0.4 is 10.1 Å². The molecule has 140 valence electrons. The van der Waals surface area contributed by atoms with Crippen LogP contribution in [0.1, 0.15) is 33.1 Å². The summed E-state index contributed by atoms with van der Waals surface area (Å²) in [4.78, 5) is 16.9. The average Bonchev–Trinajstić information content (AvgIpc) is 2.62. The van der Waals surface area contributed by atoms with Crippen LogP contribution in [0.2, 0.25) is 0 Å². The van der Waals surface area contributed by atoms with Crippen LogP contribution in [0.3, 0.4) is 0 Å². The third-order valence-corrected chi connectivity index (χ3v) is 4.83. The van der Waals surface area contributed by atoms with Crippen LogP contribution in [0.15, 0.2) is 24.3 Å². The second kappa shape index (κ2) is 10.4. The van der Waals surface area contributed by atoms with E-state index in [1.807, 2.05) is 31.2 Å². The lowest BCUT2D eigenvalue weighted by molar-refractivity contribution is -0.119. The maximum Gasteiger partial charge on any atom is 0.227 e. The third-order valence-electron chi connectivity index (χ3n) is 4.83. The second-order valence-electron chi connectivity index (χ2n) is 7.05. The van der Waals surface area contributed by atoms with Crippen LogP contribution in [0, 0.1) is 5.92 Å². The van der Waals surface area contributed by atoms with Crippen molar-refractivity contribution < 1.29 is 9.53 Å². The Kier molecular flexibility index (Phi) is 8.22. The molecule has 1 aliphatic rings. The molecule has 1 atom stereocenters. The number of carbonyl (C=O) groups is 1. The molecule has 1 fully saturated rings. The minimum Gasteiger partial charge on any atom is -0.492 e. The molecule has 0 unspecified atom stereocenters. The monoisotopic (exact) mass is 347 g/mol. The van der Waals surface area contributed by atoms with Gasteiger partial charge in [0.25, 0.3) is 0 Å². The van der Waals surface area contributed by atoms with Gasteiger partial charge >= 0.3 is 0 Å². The molecule has 0 bridgehead atoms. The largest absolute Gasteiger partial charge is 0.492 e. The number of ether oxygens (including phenoxy) is 1. The summed E-state index contributed by atoms with van der Waals surface area (Å²) in [5.74, 6) is 1.00. The zero-order valence-electron chi connectivity index (χ0n) is 16.0. The zero-order valence-corrected chi connectivity index (χ0v) is 16.0. The number of hydrogen-bond donors (Lipinski definition) is 1. The van der Waals surface area contributed by atoms with Crippen LogP contribution in [-0.4, -0.2) is 62.1 Å². The Morgan fingerprint density at radius 2 is 1.88 bits per heavy atom. The highest BCUT2D eigenvalue weighted by atomic mass is 16.5. The van der Waals surface area contributed by atoms with Crippen molar-refractivity contribution in [2.24, 2.45) is 5.92 Å². The summed E-state index contributed by atoms with van der Waals surface area (Å²) in [5.41, 5.74) is 0.833. The van der Waals surface area contributed by atoms with Gasteiger partial charge in [0.05, 0.1) is 0 Å². The Labute approximate surface area is 152 Å². The van der Waals surface area contributed by atoms with Gasteiger partial charge in [-0.15, -0.1) is 0 Å². The fraction of sp³-hybridized carbons (Fsp3) is 0.650. The van der Waals surface area contributed by atoms with Gasteiger partial charge in [-0.25, -0.2) is 0 Å². The van der Waals surface area contributed by atoms with Crippen molar-refractivity contribution in [2.45, 2.75) is 33.1 Å². The quantitative estimate of drug-likeness (QED) is 0.746. The van der Waals surface area contributed by atoms with E-state index < -0.39 is 0 Å². The van der Waals surface area contributed by atoms with Gasteiger partial charge in [0, 0.05) is 44.3 Å². The zero-order chi connectivity index (χ0) is 18.1. The maximum absolute atomic E-state index is 12.1. The normalized spacial score (nSPS) is 17.2. The minimum atomic E-state index is 0.0551. The van der Waals surface area contributed by atoms with Crippen LogP contribution in [-0.2, 0) is 4.79 Å². The molecular formula is C20H33N3O2. The van der Waals surface area contributed by atoms with E-state index in [0.717, 1.165) is 63.4 Å². The number of piperazine rings is 1. The molecule has 25 heavy (non-hydrogen) atoms. The molecule has 0 aromatic heterocycles. The van der Waals surface area contributed by atoms with Crippen LogP contribution >= 0.6 is 0 Å². The van der Waals surface area contributed by atoms with Crippen molar-refractivity contribution in [3.8, 4) is 5.75 Å². The molecule has 0 radical (unpaired) electrons. The molecule has 1 aromatic carbocycles. The lowest BCUT2D eigenvalue weighted by Gasteiger charge is -2.32. The van der Waals surface area contributed by atoms with E-state index in [0.29, 0.717) is 6.61 Å². The highest BCUT2D eigenvalue weighted by molar-refractivity contribution is 5.92. The topological polar surface area (TPSA) is 44.8 Å². The number of carbonyl (C=O) groups excluding carboxylic acids is 1. The first kappa shape index (κ1) is 19.7. The second-order valence-corrected chi connectivity index (χ2v) is 7.05. The number of benzene rings is 1. The van der Waals surface area contributed by atoms with Gasteiger partial charge < -0.3 is 15.0 Å².